The van der Waals surface area contributed by atoms with Crippen molar-refractivity contribution in [1.29, 1.82) is 0 Å². The molecule has 0 aliphatic carbocycles. The van der Waals surface area contributed by atoms with E-state index in [4.69, 9.17) is 4.74 Å². The van der Waals surface area contributed by atoms with E-state index in [1.807, 2.05) is 13.8 Å². The van der Waals surface area contributed by atoms with Gasteiger partial charge in [-0.2, -0.15) is 0 Å². The SMILES string of the molecule is COC(C)(C)CCC(=O)c1c(F)cccc1Br. The molecule has 17 heavy (non-hydrogen) atoms. The third kappa shape index (κ3) is 3.89. The highest BCUT2D eigenvalue weighted by atomic mass is 79.9. The van der Waals surface area contributed by atoms with Gasteiger partial charge in [-0.3, -0.25) is 4.79 Å². The van der Waals surface area contributed by atoms with Crippen molar-refractivity contribution in [3.8, 4) is 0 Å². The van der Waals surface area contributed by atoms with Crippen LogP contribution in [0.4, 0.5) is 4.39 Å². The van der Waals surface area contributed by atoms with Gasteiger partial charge in [0, 0.05) is 18.0 Å². The number of carbonyl (C=O) groups is 1. The molecule has 0 bridgehead atoms. The number of benzene rings is 1. The van der Waals surface area contributed by atoms with Crippen LogP contribution in [-0.2, 0) is 4.74 Å². The van der Waals surface area contributed by atoms with E-state index in [9.17, 15) is 9.18 Å². The summed E-state index contributed by atoms with van der Waals surface area (Å²) in [5.41, 5.74) is -0.243. The number of halogens is 2. The van der Waals surface area contributed by atoms with Gasteiger partial charge >= 0.3 is 0 Å². The Bertz CT molecular complexity index is 396. The van der Waals surface area contributed by atoms with Crippen LogP contribution in [0.2, 0.25) is 0 Å². The second kappa shape index (κ2) is 5.74. The van der Waals surface area contributed by atoms with Gasteiger partial charge in [0.15, 0.2) is 5.78 Å². The smallest absolute Gasteiger partial charge is 0.167 e. The van der Waals surface area contributed by atoms with Gasteiger partial charge in [-0.1, -0.05) is 6.07 Å². The monoisotopic (exact) mass is 302 g/mol. The summed E-state index contributed by atoms with van der Waals surface area (Å²) in [7, 11) is 1.60. The topological polar surface area (TPSA) is 26.3 Å². The van der Waals surface area contributed by atoms with Crippen LogP contribution >= 0.6 is 15.9 Å². The average molecular weight is 303 g/mol. The Morgan fingerprint density at radius 3 is 2.65 bits per heavy atom. The van der Waals surface area contributed by atoms with Gasteiger partial charge in [-0.25, -0.2) is 4.39 Å². The van der Waals surface area contributed by atoms with Gasteiger partial charge in [0.05, 0.1) is 11.2 Å². The molecule has 1 rings (SSSR count). The van der Waals surface area contributed by atoms with E-state index >= 15 is 0 Å². The zero-order valence-electron chi connectivity index (χ0n) is 10.2. The molecule has 94 valence electrons. The largest absolute Gasteiger partial charge is 0.379 e. The highest BCUT2D eigenvalue weighted by Crippen LogP contribution is 2.24. The van der Waals surface area contributed by atoms with E-state index in [1.54, 1.807) is 19.2 Å². The van der Waals surface area contributed by atoms with Crippen LogP contribution < -0.4 is 0 Å². The van der Waals surface area contributed by atoms with Crippen molar-refractivity contribution in [3.05, 3.63) is 34.1 Å². The summed E-state index contributed by atoms with van der Waals surface area (Å²) in [5.74, 6) is -0.695. The Balaban J connectivity index is 2.78. The van der Waals surface area contributed by atoms with Gasteiger partial charge < -0.3 is 4.74 Å². The van der Waals surface area contributed by atoms with Crippen LogP contribution in [0.15, 0.2) is 22.7 Å². The first-order valence-corrected chi connectivity index (χ1v) is 6.19. The van der Waals surface area contributed by atoms with Crippen molar-refractivity contribution in [1.82, 2.24) is 0 Å². The zero-order chi connectivity index (χ0) is 13.1. The molecule has 0 aliphatic heterocycles. The minimum Gasteiger partial charge on any atom is -0.379 e. The standard InChI is InChI=1S/C13H16BrFO2/c1-13(2,17-3)8-7-11(16)12-9(14)5-4-6-10(12)15/h4-6H,7-8H2,1-3H3. The number of Topliss-reactive ketones (excluding diaryl/α,β-unsaturated/α-hetero) is 1. The molecule has 0 saturated carbocycles. The van der Waals surface area contributed by atoms with Gasteiger partial charge in [-0.05, 0) is 48.3 Å². The summed E-state index contributed by atoms with van der Waals surface area (Å²) >= 11 is 3.19. The number of hydrogen-bond donors (Lipinski definition) is 0. The molecule has 1 aromatic rings. The maximum atomic E-state index is 13.5. The molecule has 0 atom stereocenters. The third-order valence-electron chi connectivity index (χ3n) is 2.75. The normalized spacial score (nSPS) is 11.6. The van der Waals surface area contributed by atoms with Gasteiger partial charge in [0.25, 0.3) is 0 Å². The van der Waals surface area contributed by atoms with Crippen LogP contribution in [-0.4, -0.2) is 18.5 Å². The first kappa shape index (κ1) is 14.3. The lowest BCUT2D eigenvalue weighted by molar-refractivity contribution is 0.0141. The minimum absolute atomic E-state index is 0.124. The molecule has 2 nitrogen and oxygen atoms in total. The summed E-state index contributed by atoms with van der Waals surface area (Å²) in [6.07, 6.45) is 0.823. The predicted molar refractivity (Wildman–Crippen MR) is 68.8 cm³/mol. The van der Waals surface area contributed by atoms with E-state index in [-0.39, 0.29) is 23.4 Å². The van der Waals surface area contributed by atoms with E-state index in [2.05, 4.69) is 15.9 Å². The number of ether oxygens (including phenoxy) is 1. The fourth-order valence-electron chi connectivity index (χ4n) is 1.41. The summed E-state index contributed by atoms with van der Waals surface area (Å²) in [4.78, 5) is 11.9. The van der Waals surface area contributed by atoms with Crippen LogP contribution in [0.25, 0.3) is 0 Å². The van der Waals surface area contributed by atoms with E-state index in [0.717, 1.165) is 0 Å². The van der Waals surface area contributed by atoms with Crippen molar-refractivity contribution >= 4 is 21.7 Å². The molecular formula is C13H16BrFO2. The molecule has 0 saturated heterocycles. The number of rotatable bonds is 5. The van der Waals surface area contributed by atoms with Crippen LogP contribution in [0.3, 0.4) is 0 Å². The van der Waals surface area contributed by atoms with E-state index in [0.29, 0.717) is 10.9 Å². The maximum absolute atomic E-state index is 13.5. The molecule has 0 radical (unpaired) electrons. The van der Waals surface area contributed by atoms with Crippen LogP contribution in [0.1, 0.15) is 37.0 Å². The van der Waals surface area contributed by atoms with Crippen molar-refractivity contribution < 1.29 is 13.9 Å². The molecule has 0 fully saturated rings. The van der Waals surface area contributed by atoms with Crippen molar-refractivity contribution in [2.24, 2.45) is 0 Å². The number of carbonyl (C=O) groups excluding carboxylic acids is 1. The number of hydrogen-bond acceptors (Lipinski definition) is 2. The quantitative estimate of drug-likeness (QED) is 0.769. The fraction of sp³-hybridized carbons (Fsp3) is 0.462. The first-order valence-electron chi connectivity index (χ1n) is 5.40. The maximum Gasteiger partial charge on any atom is 0.167 e. The van der Waals surface area contributed by atoms with Crippen LogP contribution in [0, 0.1) is 5.82 Å². The molecule has 4 heteroatoms. The summed E-state index contributed by atoms with van der Waals surface area (Å²) in [5, 5.41) is 0. The lowest BCUT2D eigenvalue weighted by Crippen LogP contribution is -2.23. The second-order valence-electron chi connectivity index (χ2n) is 4.48. The Labute approximate surface area is 109 Å². The molecule has 0 spiro atoms. The highest BCUT2D eigenvalue weighted by molar-refractivity contribution is 9.10. The zero-order valence-corrected chi connectivity index (χ0v) is 11.8. The van der Waals surface area contributed by atoms with Crippen molar-refractivity contribution in [2.75, 3.05) is 7.11 Å². The van der Waals surface area contributed by atoms with Crippen LogP contribution in [0.5, 0.6) is 0 Å². The summed E-state index contributed by atoms with van der Waals surface area (Å²) in [6.45, 7) is 3.80. The van der Waals surface area contributed by atoms with E-state index < -0.39 is 5.82 Å². The minimum atomic E-state index is -0.486. The Morgan fingerprint density at radius 1 is 1.47 bits per heavy atom. The number of ketones is 1. The Hall–Kier alpha value is -0.740. The van der Waals surface area contributed by atoms with E-state index in [1.165, 1.54) is 6.07 Å². The lowest BCUT2D eigenvalue weighted by Gasteiger charge is -2.22. The van der Waals surface area contributed by atoms with Crippen molar-refractivity contribution in [2.45, 2.75) is 32.3 Å². The predicted octanol–water partition coefficient (Wildman–Crippen LogP) is 3.98. The average Bonchev–Trinajstić information content (AvgIpc) is 2.26. The molecule has 0 N–H and O–H groups in total. The fourth-order valence-corrected chi connectivity index (χ4v) is 1.97. The molecule has 0 amide bonds. The van der Waals surface area contributed by atoms with Gasteiger partial charge in [-0.15, -0.1) is 0 Å². The molecular weight excluding hydrogens is 287 g/mol. The Morgan fingerprint density at radius 2 is 2.12 bits per heavy atom. The first-order chi connectivity index (χ1) is 7.87. The van der Waals surface area contributed by atoms with Gasteiger partial charge in [0.1, 0.15) is 5.82 Å². The van der Waals surface area contributed by atoms with Crippen molar-refractivity contribution in [3.63, 3.8) is 0 Å². The molecule has 0 aromatic heterocycles. The number of methoxy groups -OCH3 is 1. The summed E-state index contributed by atoms with van der Waals surface area (Å²) in [6, 6.07) is 4.52. The molecule has 0 heterocycles. The second-order valence-corrected chi connectivity index (χ2v) is 5.34. The highest BCUT2D eigenvalue weighted by Gasteiger charge is 2.21. The van der Waals surface area contributed by atoms with Gasteiger partial charge in [0.2, 0.25) is 0 Å². The molecule has 0 aliphatic rings. The summed E-state index contributed by atoms with van der Waals surface area (Å²) < 4.78 is 19.2. The third-order valence-corrected chi connectivity index (χ3v) is 3.41. The Kier molecular flexibility index (Phi) is 4.83. The molecule has 0 unspecified atom stereocenters. The molecule has 1 aromatic carbocycles. The lowest BCUT2D eigenvalue weighted by atomic mass is 9.97.